The van der Waals surface area contributed by atoms with Crippen LogP contribution in [0, 0.1) is 0 Å². The van der Waals surface area contributed by atoms with E-state index in [0.29, 0.717) is 23.9 Å². The van der Waals surface area contributed by atoms with Crippen LogP contribution in [0.4, 0.5) is 0 Å². The summed E-state index contributed by atoms with van der Waals surface area (Å²) in [6.07, 6.45) is 0.476. The molecule has 1 aliphatic heterocycles. The second-order valence-corrected chi connectivity index (χ2v) is 8.61. The van der Waals surface area contributed by atoms with E-state index in [1.165, 1.54) is 11.4 Å². The molecule has 0 N–H and O–H groups in total. The zero-order chi connectivity index (χ0) is 20.4. The van der Waals surface area contributed by atoms with Crippen LogP contribution in [0.2, 0.25) is 0 Å². The first kappa shape index (κ1) is 19.4. The van der Waals surface area contributed by atoms with Gasteiger partial charge in [-0.05, 0) is 18.2 Å². The molecule has 4 rings (SSSR count). The van der Waals surface area contributed by atoms with E-state index in [2.05, 4.69) is 10.1 Å². The van der Waals surface area contributed by atoms with E-state index in [9.17, 15) is 8.42 Å². The summed E-state index contributed by atoms with van der Waals surface area (Å²) in [7, 11) is -0.565. The van der Waals surface area contributed by atoms with Gasteiger partial charge in [0.25, 0.3) is 0 Å². The number of aromatic nitrogens is 2. The second-order valence-electron chi connectivity index (χ2n) is 6.71. The summed E-state index contributed by atoms with van der Waals surface area (Å²) in [4.78, 5) is 4.60. The first-order valence-electron chi connectivity index (χ1n) is 9.10. The molecule has 0 saturated carbocycles. The molecule has 1 aromatic heterocycles. The summed E-state index contributed by atoms with van der Waals surface area (Å²) in [5.41, 5.74) is 0.955. The molecule has 0 radical (unpaired) electrons. The zero-order valence-electron chi connectivity index (χ0n) is 16.1. The van der Waals surface area contributed by atoms with Crippen LogP contribution in [0.1, 0.15) is 23.2 Å². The Morgan fingerprint density at radius 3 is 2.41 bits per heavy atom. The summed E-state index contributed by atoms with van der Waals surface area (Å²) in [6, 6.07) is 14.2. The van der Waals surface area contributed by atoms with Gasteiger partial charge in [-0.15, -0.1) is 0 Å². The summed E-state index contributed by atoms with van der Waals surface area (Å²) < 4.78 is 43.0. The monoisotopic (exact) mass is 415 g/mol. The van der Waals surface area contributed by atoms with Crippen molar-refractivity contribution in [2.24, 2.45) is 0 Å². The van der Waals surface area contributed by atoms with E-state index < -0.39 is 10.0 Å². The topological polar surface area (TPSA) is 94.8 Å². The van der Waals surface area contributed by atoms with E-state index in [4.69, 9.17) is 14.0 Å². The lowest BCUT2D eigenvalue weighted by molar-refractivity contribution is 0.216. The Bertz CT molecular complexity index is 1110. The van der Waals surface area contributed by atoms with Gasteiger partial charge in [0.15, 0.2) is 5.82 Å². The van der Waals surface area contributed by atoms with Crippen molar-refractivity contribution >= 4 is 10.0 Å². The third-order valence-corrected chi connectivity index (χ3v) is 6.78. The molecule has 0 unspecified atom stereocenters. The average Bonchev–Trinajstić information content (AvgIpc) is 3.15. The van der Waals surface area contributed by atoms with E-state index in [1.807, 2.05) is 24.3 Å². The average molecular weight is 415 g/mol. The predicted octanol–water partition coefficient (Wildman–Crippen LogP) is 2.47. The van der Waals surface area contributed by atoms with Gasteiger partial charge in [0, 0.05) is 25.1 Å². The number of nitrogens with zero attached hydrogens (tertiary/aromatic N) is 3. The van der Waals surface area contributed by atoms with Crippen molar-refractivity contribution in [3.8, 4) is 11.5 Å². The second kappa shape index (κ2) is 7.84. The number of ether oxygens (including phenoxy) is 2. The molecule has 2 heterocycles. The van der Waals surface area contributed by atoms with Gasteiger partial charge in [-0.25, -0.2) is 8.42 Å². The van der Waals surface area contributed by atoms with Crippen LogP contribution in [0.5, 0.6) is 11.5 Å². The molecule has 29 heavy (non-hydrogen) atoms. The van der Waals surface area contributed by atoms with Gasteiger partial charge in [-0.2, -0.15) is 9.29 Å². The molecule has 0 amide bonds. The fraction of sp³-hybridized carbons (Fsp3) is 0.300. The number of methoxy groups -OCH3 is 2. The van der Waals surface area contributed by atoms with Gasteiger partial charge < -0.3 is 14.0 Å². The number of rotatable bonds is 7. The maximum Gasteiger partial charge on any atom is 0.246 e. The molecule has 8 nitrogen and oxygen atoms in total. The highest BCUT2D eigenvalue weighted by Gasteiger charge is 2.41. The number of hydrogen-bond donors (Lipinski definition) is 0. The Morgan fingerprint density at radius 2 is 1.69 bits per heavy atom. The Kier molecular flexibility index (Phi) is 5.25. The molecular weight excluding hydrogens is 394 g/mol. The summed E-state index contributed by atoms with van der Waals surface area (Å²) in [5, 5.41) is 4.03. The van der Waals surface area contributed by atoms with E-state index >= 15 is 0 Å². The van der Waals surface area contributed by atoms with Crippen molar-refractivity contribution in [1.82, 2.24) is 14.4 Å². The Hall–Kier alpha value is -2.91. The van der Waals surface area contributed by atoms with Gasteiger partial charge in [0.05, 0.1) is 20.1 Å². The molecule has 1 aliphatic rings. The summed E-state index contributed by atoms with van der Waals surface area (Å²) in [5.74, 6) is 1.94. The molecular formula is C20H21N3O5S. The van der Waals surface area contributed by atoms with Crippen LogP contribution in [-0.2, 0) is 16.4 Å². The van der Waals surface area contributed by atoms with Crippen LogP contribution in [0.15, 0.2) is 57.9 Å². The van der Waals surface area contributed by atoms with Gasteiger partial charge >= 0.3 is 0 Å². The Balaban J connectivity index is 1.44. The third kappa shape index (κ3) is 3.70. The first-order chi connectivity index (χ1) is 14.0. The maximum absolute atomic E-state index is 12.9. The molecule has 0 bridgehead atoms. The van der Waals surface area contributed by atoms with Crippen LogP contribution in [0.25, 0.3) is 0 Å². The van der Waals surface area contributed by atoms with Crippen molar-refractivity contribution in [1.29, 1.82) is 0 Å². The van der Waals surface area contributed by atoms with Crippen LogP contribution in [-0.4, -0.2) is 50.2 Å². The van der Waals surface area contributed by atoms with E-state index in [1.54, 1.807) is 31.4 Å². The lowest BCUT2D eigenvalue weighted by Gasteiger charge is -2.36. The van der Waals surface area contributed by atoms with Crippen LogP contribution < -0.4 is 9.47 Å². The highest BCUT2D eigenvalue weighted by molar-refractivity contribution is 7.89. The SMILES string of the molecule is COc1ccccc1Cc1noc(C2CN(S(=O)(=O)c3ccccc3OC)C2)n1. The minimum atomic E-state index is -3.63. The van der Waals surface area contributed by atoms with Gasteiger partial charge in [-0.1, -0.05) is 35.5 Å². The highest BCUT2D eigenvalue weighted by Crippen LogP contribution is 2.34. The lowest BCUT2D eigenvalue weighted by Crippen LogP contribution is -2.48. The Morgan fingerprint density at radius 1 is 1.03 bits per heavy atom. The molecule has 0 spiro atoms. The van der Waals surface area contributed by atoms with E-state index in [0.717, 1.165) is 11.3 Å². The van der Waals surface area contributed by atoms with Crippen LogP contribution >= 0.6 is 0 Å². The molecule has 1 saturated heterocycles. The molecule has 0 atom stereocenters. The molecule has 2 aromatic carbocycles. The van der Waals surface area contributed by atoms with Crippen molar-refractivity contribution in [3.05, 3.63) is 65.8 Å². The largest absolute Gasteiger partial charge is 0.496 e. The normalized spacial score (nSPS) is 15.1. The fourth-order valence-corrected chi connectivity index (χ4v) is 4.97. The molecule has 9 heteroatoms. The van der Waals surface area contributed by atoms with Crippen molar-refractivity contribution in [3.63, 3.8) is 0 Å². The molecule has 3 aromatic rings. The van der Waals surface area contributed by atoms with Gasteiger partial charge in [0.2, 0.25) is 15.9 Å². The highest BCUT2D eigenvalue weighted by atomic mass is 32.2. The minimum absolute atomic E-state index is 0.126. The number of benzene rings is 2. The van der Waals surface area contributed by atoms with Crippen molar-refractivity contribution < 1.29 is 22.4 Å². The molecule has 1 fully saturated rings. The lowest BCUT2D eigenvalue weighted by atomic mass is 10.0. The Labute approximate surface area is 169 Å². The maximum atomic E-state index is 12.9. The molecule has 152 valence electrons. The number of hydrogen-bond acceptors (Lipinski definition) is 7. The van der Waals surface area contributed by atoms with Gasteiger partial charge in [0.1, 0.15) is 16.4 Å². The quantitative estimate of drug-likeness (QED) is 0.585. The smallest absolute Gasteiger partial charge is 0.246 e. The summed E-state index contributed by atoms with van der Waals surface area (Å²) >= 11 is 0. The third-order valence-electron chi connectivity index (χ3n) is 4.91. The fourth-order valence-electron chi connectivity index (χ4n) is 3.29. The standard InChI is InChI=1S/C20H21N3O5S/c1-26-16-8-4-3-7-14(16)11-19-21-20(28-22-19)15-12-23(13-15)29(24,25)18-10-6-5-9-17(18)27-2/h3-10,15H,11-13H2,1-2H3. The molecule has 0 aliphatic carbocycles. The number of sulfonamides is 1. The minimum Gasteiger partial charge on any atom is -0.496 e. The van der Waals surface area contributed by atoms with Crippen LogP contribution in [0.3, 0.4) is 0 Å². The van der Waals surface area contributed by atoms with Gasteiger partial charge in [-0.3, -0.25) is 0 Å². The predicted molar refractivity (Wildman–Crippen MR) is 105 cm³/mol. The van der Waals surface area contributed by atoms with E-state index in [-0.39, 0.29) is 23.9 Å². The van der Waals surface area contributed by atoms with Crippen molar-refractivity contribution in [2.75, 3.05) is 27.3 Å². The first-order valence-corrected chi connectivity index (χ1v) is 10.5. The zero-order valence-corrected chi connectivity index (χ0v) is 16.9. The number of para-hydroxylation sites is 2. The van der Waals surface area contributed by atoms with Crippen molar-refractivity contribution in [2.45, 2.75) is 17.2 Å². The summed E-state index contributed by atoms with van der Waals surface area (Å²) in [6.45, 7) is 0.577.